The number of ether oxygens (including phenoxy) is 1. The Balaban J connectivity index is 2.55. The number of hydrogen-bond donors (Lipinski definition) is 0. The predicted molar refractivity (Wildman–Crippen MR) is 90.7 cm³/mol. The summed E-state index contributed by atoms with van der Waals surface area (Å²) in [7, 11) is 0. The molecule has 0 aliphatic carbocycles. The molecule has 1 aliphatic heterocycles. The van der Waals surface area contributed by atoms with Crippen LogP contribution in [0.25, 0.3) is 6.08 Å². The Morgan fingerprint density at radius 2 is 2.09 bits per heavy atom. The highest BCUT2D eigenvalue weighted by molar-refractivity contribution is 6.32. The van der Waals surface area contributed by atoms with Crippen LogP contribution < -0.4 is 0 Å². The number of carbonyl (C=O) groups excluding carboxylic acids is 2. The van der Waals surface area contributed by atoms with E-state index in [1.165, 1.54) is 4.90 Å². The van der Waals surface area contributed by atoms with Gasteiger partial charge in [-0.15, -0.1) is 6.58 Å². The second-order valence-corrected chi connectivity index (χ2v) is 5.37. The number of esters is 1. The third-order valence-electron chi connectivity index (χ3n) is 3.51. The van der Waals surface area contributed by atoms with Crippen molar-refractivity contribution in [2.75, 3.05) is 13.2 Å². The molecule has 1 heterocycles. The van der Waals surface area contributed by atoms with Crippen LogP contribution in [0.4, 0.5) is 0 Å². The van der Waals surface area contributed by atoms with Crippen LogP contribution in [0.1, 0.15) is 19.4 Å². The average Bonchev–Trinajstić information content (AvgIpc) is 2.75. The molecule has 2 rings (SSSR count). The molecule has 1 aromatic rings. The summed E-state index contributed by atoms with van der Waals surface area (Å²) >= 11 is 6.15. The van der Waals surface area contributed by atoms with Crippen molar-refractivity contribution in [3.05, 3.63) is 64.3 Å². The van der Waals surface area contributed by atoms with Crippen LogP contribution >= 0.6 is 11.6 Å². The molecule has 0 N–H and O–H groups in total. The molecule has 120 valence electrons. The summed E-state index contributed by atoms with van der Waals surface area (Å²) < 4.78 is 5.09. The highest BCUT2D eigenvalue weighted by atomic mass is 35.5. The molecular weight excluding hydrogens is 314 g/mol. The van der Waals surface area contributed by atoms with Crippen molar-refractivity contribution < 1.29 is 14.3 Å². The van der Waals surface area contributed by atoms with Crippen molar-refractivity contribution in [3.8, 4) is 0 Å². The normalized spacial score (nSPS) is 16.2. The lowest BCUT2D eigenvalue weighted by Crippen LogP contribution is -2.25. The molecule has 0 unspecified atom stereocenters. The molecule has 0 aromatic heterocycles. The lowest BCUT2D eigenvalue weighted by atomic mass is 10.0. The zero-order chi connectivity index (χ0) is 17.0. The molecule has 1 amide bonds. The number of rotatable bonds is 5. The highest BCUT2D eigenvalue weighted by Crippen LogP contribution is 2.32. The van der Waals surface area contributed by atoms with E-state index in [1.807, 2.05) is 6.07 Å². The molecule has 0 atom stereocenters. The summed E-state index contributed by atoms with van der Waals surface area (Å²) in [6.45, 7) is 7.67. The van der Waals surface area contributed by atoms with E-state index >= 15 is 0 Å². The summed E-state index contributed by atoms with van der Waals surface area (Å²) in [5.41, 5.74) is 1.80. The summed E-state index contributed by atoms with van der Waals surface area (Å²) in [6, 6.07) is 7.14. The Morgan fingerprint density at radius 1 is 1.39 bits per heavy atom. The molecule has 4 nitrogen and oxygen atoms in total. The van der Waals surface area contributed by atoms with Crippen molar-refractivity contribution in [2.45, 2.75) is 13.8 Å². The fraction of sp³-hybridized carbons (Fsp3) is 0.222. The smallest absolute Gasteiger partial charge is 0.340 e. The SMILES string of the molecule is C=CCN1C(=O)/C(=C\c2ccccc2Cl)C(C(=O)OCC)=C1C. The van der Waals surface area contributed by atoms with Gasteiger partial charge in [-0.25, -0.2) is 4.79 Å². The zero-order valence-corrected chi connectivity index (χ0v) is 13.9. The van der Waals surface area contributed by atoms with Crippen LogP contribution in [-0.4, -0.2) is 29.9 Å². The standard InChI is InChI=1S/C18H18ClNO3/c1-4-10-20-12(3)16(18(22)23-5-2)14(17(20)21)11-13-8-6-7-9-15(13)19/h4,6-9,11H,1,5,10H2,2-3H3/b14-11-. The quantitative estimate of drug-likeness (QED) is 0.470. The van der Waals surface area contributed by atoms with Gasteiger partial charge in [0.1, 0.15) is 0 Å². The van der Waals surface area contributed by atoms with Crippen LogP contribution in [0, 0.1) is 0 Å². The van der Waals surface area contributed by atoms with Crippen LogP contribution in [0.3, 0.4) is 0 Å². The molecule has 0 saturated heterocycles. The maximum absolute atomic E-state index is 12.7. The number of amides is 1. The molecule has 5 heteroatoms. The predicted octanol–water partition coefficient (Wildman–Crippen LogP) is 3.59. The minimum absolute atomic E-state index is 0.241. The Morgan fingerprint density at radius 3 is 2.70 bits per heavy atom. The first-order chi connectivity index (χ1) is 11.0. The molecule has 0 spiro atoms. The third-order valence-corrected chi connectivity index (χ3v) is 3.85. The van der Waals surface area contributed by atoms with Crippen molar-refractivity contribution in [3.63, 3.8) is 0 Å². The average molecular weight is 332 g/mol. The topological polar surface area (TPSA) is 46.6 Å². The van der Waals surface area contributed by atoms with Crippen LogP contribution in [0.15, 0.2) is 53.8 Å². The second-order valence-electron chi connectivity index (χ2n) is 4.96. The van der Waals surface area contributed by atoms with E-state index in [1.54, 1.807) is 44.2 Å². The van der Waals surface area contributed by atoms with E-state index in [0.717, 1.165) is 0 Å². The van der Waals surface area contributed by atoms with E-state index < -0.39 is 5.97 Å². The maximum Gasteiger partial charge on any atom is 0.340 e. The number of benzene rings is 1. The van der Waals surface area contributed by atoms with Gasteiger partial charge in [0.15, 0.2) is 0 Å². The van der Waals surface area contributed by atoms with E-state index in [2.05, 4.69) is 6.58 Å². The van der Waals surface area contributed by atoms with Gasteiger partial charge in [0.05, 0.1) is 17.8 Å². The fourth-order valence-corrected chi connectivity index (χ4v) is 2.62. The molecule has 1 aromatic carbocycles. The van der Waals surface area contributed by atoms with E-state index in [4.69, 9.17) is 16.3 Å². The lowest BCUT2D eigenvalue weighted by Gasteiger charge is -2.14. The first kappa shape index (κ1) is 17.0. The highest BCUT2D eigenvalue weighted by Gasteiger charge is 2.36. The number of halogens is 1. The van der Waals surface area contributed by atoms with E-state index in [-0.39, 0.29) is 23.7 Å². The fourth-order valence-electron chi connectivity index (χ4n) is 2.43. The van der Waals surface area contributed by atoms with Crippen molar-refractivity contribution in [2.24, 2.45) is 0 Å². The monoisotopic (exact) mass is 331 g/mol. The van der Waals surface area contributed by atoms with Gasteiger partial charge < -0.3 is 9.64 Å². The van der Waals surface area contributed by atoms with Gasteiger partial charge in [0.2, 0.25) is 0 Å². The van der Waals surface area contributed by atoms with Crippen LogP contribution in [0.2, 0.25) is 5.02 Å². The molecule has 0 fully saturated rings. The Kier molecular flexibility index (Phi) is 5.40. The van der Waals surface area contributed by atoms with Gasteiger partial charge in [-0.2, -0.15) is 0 Å². The molecule has 1 aliphatic rings. The van der Waals surface area contributed by atoms with Crippen molar-refractivity contribution in [1.82, 2.24) is 4.90 Å². The van der Waals surface area contributed by atoms with Crippen LogP contribution in [0.5, 0.6) is 0 Å². The van der Waals surface area contributed by atoms with Crippen LogP contribution in [-0.2, 0) is 14.3 Å². The molecule has 0 saturated carbocycles. The van der Waals surface area contributed by atoms with Gasteiger partial charge in [-0.3, -0.25) is 4.79 Å². The van der Waals surface area contributed by atoms with Crippen molar-refractivity contribution in [1.29, 1.82) is 0 Å². The number of nitrogens with zero attached hydrogens (tertiary/aromatic N) is 1. The number of carbonyl (C=O) groups is 2. The first-order valence-corrected chi connectivity index (χ1v) is 7.66. The summed E-state index contributed by atoms with van der Waals surface area (Å²) in [5, 5.41) is 0.510. The van der Waals surface area contributed by atoms with Gasteiger partial charge in [-0.05, 0) is 31.6 Å². The molecular formula is C18H18ClNO3. The minimum Gasteiger partial charge on any atom is -0.462 e. The van der Waals surface area contributed by atoms with E-state index in [0.29, 0.717) is 22.8 Å². The second kappa shape index (κ2) is 7.29. The van der Waals surface area contributed by atoms with E-state index in [9.17, 15) is 9.59 Å². The van der Waals surface area contributed by atoms with Crippen molar-refractivity contribution >= 4 is 29.6 Å². The Labute approximate surface area is 140 Å². The molecule has 0 bridgehead atoms. The van der Waals surface area contributed by atoms with Gasteiger partial charge in [0.25, 0.3) is 5.91 Å². The summed E-state index contributed by atoms with van der Waals surface area (Å²) in [6.07, 6.45) is 3.24. The largest absolute Gasteiger partial charge is 0.462 e. The first-order valence-electron chi connectivity index (χ1n) is 7.28. The lowest BCUT2D eigenvalue weighted by molar-refractivity contribution is -0.138. The zero-order valence-electron chi connectivity index (χ0n) is 13.1. The summed E-state index contributed by atoms with van der Waals surface area (Å²) in [5.74, 6) is -0.770. The number of hydrogen-bond acceptors (Lipinski definition) is 3. The maximum atomic E-state index is 12.7. The number of allylic oxidation sites excluding steroid dienone is 1. The van der Waals surface area contributed by atoms with Gasteiger partial charge in [-0.1, -0.05) is 35.9 Å². The Bertz CT molecular complexity index is 719. The molecule has 23 heavy (non-hydrogen) atoms. The van der Waals surface area contributed by atoms with Gasteiger partial charge >= 0.3 is 5.97 Å². The minimum atomic E-state index is -0.511. The van der Waals surface area contributed by atoms with Gasteiger partial charge in [0, 0.05) is 17.3 Å². The Hall–Kier alpha value is -2.33. The summed E-state index contributed by atoms with van der Waals surface area (Å²) in [4.78, 5) is 26.4. The molecule has 0 radical (unpaired) electrons. The third kappa shape index (κ3) is 3.37.